The summed E-state index contributed by atoms with van der Waals surface area (Å²) in [6, 6.07) is 2.87. The number of Topliss-reactive ketones (excluding diaryl/α,β-unsaturated/α-hetero) is 1. The van der Waals surface area contributed by atoms with Crippen LogP contribution in [0.2, 0.25) is 0 Å². The van der Waals surface area contributed by atoms with Crippen LogP contribution in [0.1, 0.15) is 18.1 Å². The topological polar surface area (TPSA) is 57.5 Å². The van der Waals surface area contributed by atoms with Crippen LogP contribution < -0.4 is 0 Å². The van der Waals surface area contributed by atoms with Gasteiger partial charge < -0.3 is 10.2 Å². The highest BCUT2D eigenvalue weighted by Crippen LogP contribution is 2.26. The van der Waals surface area contributed by atoms with Crippen LogP contribution in [0.15, 0.2) is 12.1 Å². The van der Waals surface area contributed by atoms with E-state index < -0.39 is 0 Å². The van der Waals surface area contributed by atoms with Gasteiger partial charge in [0.25, 0.3) is 0 Å². The Labute approximate surface area is 76.6 Å². The van der Waals surface area contributed by atoms with Crippen molar-refractivity contribution in [2.45, 2.75) is 20.3 Å². The number of carbonyl (C=O) groups is 1. The minimum Gasteiger partial charge on any atom is -0.508 e. The van der Waals surface area contributed by atoms with E-state index in [4.69, 9.17) is 0 Å². The van der Waals surface area contributed by atoms with E-state index in [1.54, 1.807) is 6.92 Å². The number of phenols is 2. The molecule has 0 aromatic heterocycles. The summed E-state index contributed by atoms with van der Waals surface area (Å²) >= 11 is 0. The zero-order valence-electron chi connectivity index (χ0n) is 7.66. The number of benzene rings is 1. The Hall–Kier alpha value is -1.51. The molecule has 3 heteroatoms. The lowest BCUT2D eigenvalue weighted by molar-refractivity contribution is -0.116. The van der Waals surface area contributed by atoms with E-state index in [0.29, 0.717) is 11.1 Å². The summed E-state index contributed by atoms with van der Waals surface area (Å²) in [7, 11) is 0. The predicted molar refractivity (Wildman–Crippen MR) is 48.9 cm³/mol. The molecule has 1 rings (SSSR count). The van der Waals surface area contributed by atoms with Crippen LogP contribution in [0.5, 0.6) is 11.5 Å². The van der Waals surface area contributed by atoms with Gasteiger partial charge in [0.2, 0.25) is 0 Å². The average Bonchev–Trinajstić information content (AvgIpc) is 1.99. The maximum Gasteiger partial charge on any atom is 0.134 e. The van der Waals surface area contributed by atoms with E-state index in [-0.39, 0.29) is 23.7 Å². The standard InChI is InChI=1S/C10H12O3/c1-6-3-10(13)8(4-7(2)11)5-9(6)12/h3,5,12-13H,4H2,1-2H3. The highest BCUT2D eigenvalue weighted by atomic mass is 16.3. The molecule has 0 heterocycles. The Bertz CT molecular complexity index is 342. The van der Waals surface area contributed by atoms with E-state index in [1.807, 2.05) is 0 Å². The average molecular weight is 180 g/mol. The molecule has 0 saturated carbocycles. The van der Waals surface area contributed by atoms with Crippen LogP contribution in [-0.2, 0) is 11.2 Å². The first-order valence-electron chi connectivity index (χ1n) is 4.01. The van der Waals surface area contributed by atoms with Gasteiger partial charge in [0.15, 0.2) is 0 Å². The number of carbonyl (C=O) groups excluding carboxylic acids is 1. The van der Waals surface area contributed by atoms with Gasteiger partial charge in [-0.25, -0.2) is 0 Å². The molecule has 0 aliphatic carbocycles. The van der Waals surface area contributed by atoms with Crippen LogP contribution in [0.4, 0.5) is 0 Å². The number of hydrogen-bond donors (Lipinski definition) is 2. The quantitative estimate of drug-likeness (QED) is 0.679. The van der Waals surface area contributed by atoms with Crippen molar-refractivity contribution in [1.29, 1.82) is 0 Å². The third-order valence-corrected chi connectivity index (χ3v) is 1.84. The van der Waals surface area contributed by atoms with E-state index in [2.05, 4.69) is 0 Å². The molecule has 2 N–H and O–H groups in total. The van der Waals surface area contributed by atoms with Crippen molar-refractivity contribution < 1.29 is 15.0 Å². The molecule has 0 aliphatic heterocycles. The number of aryl methyl sites for hydroxylation is 1. The highest BCUT2D eigenvalue weighted by molar-refractivity contribution is 5.79. The van der Waals surface area contributed by atoms with Gasteiger partial charge in [0, 0.05) is 12.0 Å². The second kappa shape index (κ2) is 3.47. The monoisotopic (exact) mass is 180 g/mol. The van der Waals surface area contributed by atoms with Gasteiger partial charge in [0.05, 0.1) is 0 Å². The fourth-order valence-electron chi connectivity index (χ4n) is 1.13. The van der Waals surface area contributed by atoms with E-state index in [1.165, 1.54) is 19.1 Å². The molecule has 0 spiro atoms. The molecule has 0 bridgehead atoms. The maximum atomic E-state index is 10.8. The lowest BCUT2D eigenvalue weighted by Crippen LogP contribution is -1.96. The van der Waals surface area contributed by atoms with Crippen LogP contribution in [0.3, 0.4) is 0 Å². The summed E-state index contributed by atoms with van der Waals surface area (Å²) in [5, 5.41) is 18.7. The van der Waals surface area contributed by atoms with Crippen molar-refractivity contribution in [3.8, 4) is 11.5 Å². The van der Waals surface area contributed by atoms with Crippen LogP contribution in [0.25, 0.3) is 0 Å². The summed E-state index contributed by atoms with van der Waals surface area (Å²) in [5.41, 5.74) is 1.07. The summed E-state index contributed by atoms with van der Waals surface area (Å²) in [4.78, 5) is 10.8. The molecule has 0 unspecified atom stereocenters. The van der Waals surface area contributed by atoms with Crippen LogP contribution in [0, 0.1) is 6.92 Å². The van der Waals surface area contributed by atoms with Gasteiger partial charge in [-0.2, -0.15) is 0 Å². The molecular weight excluding hydrogens is 168 g/mol. The molecule has 13 heavy (non-hydrogen) atoms. The fraction of sp³-hybridized carbons (Fsp3) is 0.300. The number of phenolic OH excluding ortho intramolecular Hbond substituents is 2. The van der Waals surface area contributed by atoms with Crippen molar-refractivity contribution in [1.82, 2.24) is 0 Å². The highest BCUT2D eigenvalue weighted by Gasteiger charge is 2.07. The normalized spacial score (nSPS) is 10.0. The summed E-state index contributed by atoms with van der Waals surface area (Å²) < 4.78 is 0. The number of ketones is 1. The lowest BCUT2D eigenvalue weighted by atomic mass is 10.1. The minimum absolute atomic E-state index is 0.0430. The Balaban J connectivity index is 3.08. The first-order valence-corrected chi connectivity index (χ1v) is 4.01. The second-order valence-corrected chi connectivity index (χ2v) is 3.15. The van der Waals surface area contributed by atoms with E-state index in [9.17, 15) is 15.0 Å². The summed E-state index contributed by atoms with van der Waals surface area (Å²) in [6.07, 6.45) is 0.152. The molecule has 0 amide bonds. The Morgan fingerprint density at radius 2 is 1.92 bits per heavy atom. The number of rotatable bonds is 2. The Morgan fingerprint density at radius 1 is 1.31 bits per heavy atom. The summed E-state index contributed by atoms with van der Waals surface area (Å²) in [5.74, 6) is 0.123. The van der Waals surface area contributed by atoms with Crippen LogP contribution in [-0.4, -0.2) is 16.0 Å². The Kier molecular flexibility index (Phi) is 2.56. The predicted octanol–water partition coefficient (Wildman–Crippen LogP) is 1.54. The van der Waals surface area contributed by atoms with E-state index >= 15 is 0 Å². The second-order valence-electron chi connectivity index (χ2n) is 3.15. The van der Waals surface area contributed by atoms with Gasteiger partial charge in [-0.15, -0.1) is 0 Å². The van der Waals surface area contributed by atoms with Gasteiger partial charge in [-0.3, -0.25) is 4.79 Å². The van der Waals surface area contributed by atoms with Crippen molar-refractivity contribution >= 4 is 5.78 Å². The van der Waals surface area contributed by atoms with Crippen LogP contribution >= 0.6 is 0 Å². The molecular formula is C10H12O3. The Morgan fingerprint density at radius 3 is 2.46 bits per heavy atom. The fourth-order valence-corrected chi connectivity index (χ4v) is 1.13. The van der Waals surface area contributed by atoms with Crippen molar-refractivity contribution in [3.05, 3.63) is 23.3 Å². The summed E-state index contributed by atoms with van der Waals surface area (Å²) in [6.45, 7) is 3.13. The third-order valence-electron chi connectivity index (χ3n) is 1.84. The molecule has 0 fully saturated rings. The lowest BCUT2D eigenvalue weighted by Gasteiger charge is -2.05. The van der Waals surface area contributed by atoms with Crippen molar-refractivity contribution in [2.75, 3.05) is 0 Å². The van der Waals surface area contributed by atoms with Crippen molar-refractivity contribution in [2.24, 2.45) is 0 Å². The maximum absolute atomic E-state index is 10.8. The molecule has 3 nitrogen and oxygen atoms in total. The SMILES string of the molecule is CC(=O)Cc1cc(O)c(C)cc1O. The number of hydrogen-bond acceptors (Lipinski definition) is 3. The zero-order valence-corrected chi connectivity index (χ0v) is 7.66. The van der Waals surface area contributed by atoms with Gasteiger partial charge >= 0.3 is 0 Å². The molecule has 0 saturated heterocycles. The largest absolute Gasteiger partial charge is 0.508 e. The van der Waals surface area contributed by atoms with Crippen molar-refractivity contribution in [3.63, 3.8) is 0 Å². The first kappa shape index (κ1) is 9.58. The molecule has 0 aliphatic rings. The molecule has 1 aromatic carbocycles. The molecule has 0 radical (unpaired) electrons. The zero-order chi connectivity index (χ0) is 10.0. The van der Waals surface area contributed by atoms with E-state index in [0.717, 1.165) is 0 Å². The first-order chi connectivity index (χ1) is 6.00. The smallest absolute Gasteiger partial charge is 0.134 e. The molecule has 0 atom stereocenters. The van der Waals surface area contributed by atoms with Gasteiger partial charge in [-0.05, 0) is 31.5 Å². The minimum atomic E-state index is -0.0430. The third kappa shape index (κ3) is 2.21. The number of aromatic hydroxyl groups is 2. The molecule has 1 aromatic rings. The van der Waals surface area contributed by atoms with Gasteiger partial charge in [0.1, 0.15) is 17.3 Å². The van der Waals surface area contributed by atoms with Gasteiger partial charge in [-0.1, -0.05) is 0 Å². The molecule has 70 valence electrons.